The molecule has 0 aliphatic rings. The van der Waals surface area contributed by atoms with E-state index in [1.54, 1.807) is 31.2 Å². The fourth-order valence-electron chi connectivity index (χ4n) is 1.75. The number of anilines is 2. The van der Waals surface area contributed by atoms with E-state index in [1.807, 2.05) is 30.3 Å². The highest BCUT2D eigenvalue weighted by molar-refractivity contribution is 5.94. The van der Waals surface area contributed by atoms with Gasteiger partial charge in [0, 0.05) is 29.1 Å². The number of benzene rings is 2. The molecule has 2 aromatic rings. The van der Waals surface area contributed by atoms with Crippen LogP contribution in [0.4, 0.5) is 11.4 Å². The molecule has 0 unspecified atom stereocenters. The van der Waals surface area contributed by atoms with Crippen LogP contribution in [0.15, 0.2) is 54.1 Å². The third-order valence-corrected chi connectivity index (χ3v) is 2.67. The Morgan fingerprint density at radius 1 is 1.05 bits per heavy atom. The summed E-state index contributed by atoms with van der Waals surface area (Å²) in [4.78, 5) is 12.0. The van der Waals surface area contributed by atoms with E-state index in [-0.39, 0.29) is 0 Å². The third-order valence-electron chi connectivity index (χ3n) is 2.67. The molecule has 0 saturated carbocycles. The number of ether oxygens (including phenoxy) is 1. The summed E-state index contributed by atoms with van der Waals surface area (Å²) in [6, 6.07) is 14.3. The standard InChI is InChI=1S/C16H16N2O2/c1-11(7-12-5-3-2-4-6-12)16(19)20-15-9-13(17)8-14(18)10-15/h2-10H,17-18H2,1H3. The minimum Gasteiger partial charge on any atom is -0.423 e. The predicted octanol–water partition coefficient (Wildman–Crippen LogP) is 2.86. The van der Waals surface area contributed by atoms with Gasteiger partial charge in [0.1, 0.15) is 5.75 Å². The number of hydrogen-bond donors (Lipinski definition) is 2. The fraction of sp³-hybridized carbons (Fsp3) is 0.0625. The van der Waals surface area contributed by atoms with E-state index in [0.717, 1.165) is 5.56 Å². The van der Waals surface area contributed by atoms with Crippen LogP contribution in [0.25, 0.3) is 6.08 Å². The molecular formula is C16H16N2O2. The second-order valence-electron chi connectivity index (χ2n) is 4.46. The first-order valence-corrected chi connectivity index (χ1v) is 6.16. The van der Waals surface area contributed by atoms with Crippen molar-refractivity contribution < 1.29 is 9.53 Å². The van der Waals surface area contributed by atoms with Crippen LogP contribution in [0.2, 0.25) is 0 Å². The average molecular weight is 268 g/mol. The number of rotatable bonds is 3. The Kier molecular flexibility index (Phi) is 4.05. The SMILES string of the molecule is CC(=Cc1ccccc1)C(=O)Oc1cc(N)cc(N)c1. The zero-order chi connectivity index (χ0) is 14.5. The molecule has 0 saturated heterocycles. The molecule has 0 amide bonds. The Morgan fingerprint density at radius 2 is 1.65 bits per heavy atom. The maximum atomic E-state index is 12.0. The third kappa shape index (κ3) is 3.62. The molecule has 0 spiro atoms. The van der Waals surface area contributed by atoms with Crippen molar-refractivity contribution in [3.63, 3.8) is 0 Å². The Labute approximate surface area is 117 Å². The number of nitrogen functional groups attached to an aromatic ring is 2. The summed E-state index contributed by atoms with van der Waals surface area (Å²) in [7, 11) is 0. The monoisotopic (exact) mass is 268 g/mol. The molecule has 0 heterocycles. The Hall–Kier alpha value is -2.75. The molecule has 0 aliphatic carbocycles. The molecule has 0 atom stereocenters. The Morgan fingerprint density at radius 3 is 2.25 bits per heavy atom. The number of carbonyl (C=O) groups excluding carboxylic acids is 1. The van der Waals surface area contributed by atoms with Crippen molar-refractivity contribution in [1.29, 1.82) is 0 Å². The molecule has 0 radical (unpaired) electrons. The minimum atomic E-state index is -0.432. The van der Waals surface area contributed by atoms with E-state index >= 15 is 0 Å². The lowest BCUT2D eigenvalue weighted by Gasteiger charge is -2.06. The van der Waals surface area contributed by atoms with Crippen molar-refractivity contribution in [2.45, 2.75) is 6.92 Å². The number of nitrogens with two attached hydrogens (primary N) is 2. The lowest BCUT2D eigenvalue weighted by atomic mass is 10.1. The number of carbonyl (C=O) groups is 1. The molecular weight excluding hydrogens is 252 g/mol. The van der Waals surface area contributed by atoms with Crippen molar-refractivity contribution in [3.05, 3.63) is 59.7 Å². The highest BCUT2D eigenvalue weighted by atomic mass is 16.5. The molecule has 102 valence electrons. The Bertz CT molecular complexity index is 629. The summed E-state index contributed by atoms with van der Waals surface area (Å²) in [6.07, 6.45) is 1.76. The van der Waals surface area contributed by atoms with Crippen molar-refractivity contribution in [2.24, 2.45) is 0 Å². The molecule has 4 nitrogen and oxygen atoms in total. The first-order valence-electron chi connectivity index (χ1n) is 6.16. The largest absolute Gasteiger partial charge is 0.423 e. The highest BCUT2D eigenvalue weighted by Gasteiger charge is 2.08. The average Bonchev–Trinajstić information content (AvgIpc) is 2.38. The molecule has 2 rings (SSSR count). The Balaban J connectivity index is 2.13. The second kappa shape index (κ2) is 5.93. The van der Waals surface area contributed by atoms with Crippen LogP contribution < -0.4 is 16.2 Å². The van der Waals surface area contributed by atoms with Gasteiger partial charge < -0.3 is 16.2 Å². The zero-order valence-electron chi connectivity index (χ0n) is 11.2. The van der Waals surface area contributed by atoms with E-state index in [0.29, 0.717) is 22.7 Å². The lowest BCUT2D eigenvalue weighted by Crippen LogP contribution is -2.09. The number of esters is 1. The van der Waals surface area contributed by atoms with Gasteiger partial charge in [0.25, 0.3) is 0 Å². The summed E-state index contributed by atoms with van der Waals surface area (Å²) in [5, 5.41) is 0. The van der Waals surface area contributed by atoms with Crippen LogP contribution >= 0.6 is 0 Å². The molecule has 0 bridgehead atoms. The fourth-order valence-corrected chi connectivity index (χ4v) is 1.75. The van der Waals surface area contributed by atoms with Gasteiger partial charge in [-0.05, 0) is 24.6 Å². The number of hydrogen-bond acceptors (Lipinski definition) is 4. The molecule has 0 aromatic heterocycles. The van der Waals surface area contributed by atoms with Gasteiger partial charge in [0.15, 0.2) is 0 Å². The molecule has 2 aromatic carbocycles. The van der Waals surface area contributed by atoms with E-state index in [4.69, 9.17) is 16.2 Å². The van der Waals surface area contributed by atoms with Crippen molar-refractivity contribution >= 4 is 23.4 Å². The highest BCUT2D eigenvalue weighted by Crippen LogP contribution is 2.21. The van der Waals surface area contributed by atoms with Gasteiger partial charge in [-0.25, -0.2) is 4.79 Å². The first-order chi connectivity index (χ1) is 9.54. The summed E-state index contributed by atoms with van der Waals surface area (Å²) in [5.41, 5.74) is 13.6. The smallest absolute Gasteiger partial charge is 0.339 e. The van der Waals surface area contributed by atoms with Gasteiger partial charge in [0.2, 0.25) is 0 Å². The normalized spacial score (nSPS) is 11.2. The van der Waals surface area contributed by atoms with Crippen molar-refractivity contribution in [1.82, 2.24) is 0 Å². The summed E-state index contributed by atoms with van der Waals surface area (Å²) in [6.45, 7) is 1.70. The van der Waals surface area contributed by atoms with Gasteiger partial charge in [-0.2, -0.15) is 0 Å². The van der Waals surface area contributed by atoms with Crippen molar-refractivity contribution in [3.8, 4) is 5.75 Å². The van der Waals surface area contributed by atoms with Crippen LogP contribution in [0.3, 0.4) is 0 Å². The van der Waals surface area contributed by atoms with Crippen LogP contribution in [-0.4, -0.2) is 5.97 Å². The lowest BCUT2D eigenvalue weighted by molar-refractivity contribution is -0.130. The van der Waals surface area contributed by atoms with E-state index in [9.17, 15) is 4.79 Å². The molecule has 0 fully saturated rings. The van der Waals surface area contributed by atoms with Gasteiger partial charge in [-0.15, -0.1) is 0 Å². The van der Waals surface area contributed by atoms with E-state index < -0.39 is 5.97 Å². The topological polar surface area (TPSA) is 78.3 Å². The maximum absolute atomic E-state index is 12.0. The van der Waals surface area contributed by atoms with Crippen LogP contribution in [0.5, 0.6) is 5.75 Å². The molecule has 4 heteroatoms. The van der Waals surface area contributed by atoms with Crippen LogP contribution in [-0.2, 0) is 4.79 Å². The minimum absolute atomic E-state index is 0.341. The van der Waals surface area contributed by atoms with Crippen LogP contribution in [0.1, 0.15) is 12.5 Å². The first kappa shape index (κ1) is 13.7. The second-order valence-corrected chi connectivity index (χ2v) is 4.46. The van der Waals surface area contributed by atoms with Gasteiger partial charge in [-0.3, -0.25) is 0 Å². The molecule has 20 heavy (non-hydrogen) atoms. The summed E-state index contributed by atoms with van der Waals surface area (Å²) >= 11 is 0. The zero-order valence-corrected chi connectivity index (χ0v) is 11.2. The van der Waals surface area contributed by atoms with Crippen molar-refractivity contribution in [2.75, 3.05) is 11.5 Å². The predicted molar refractivity (Wildman–Crippen MR) is 81.0 cm³/mol. The van der Waals surface area contributed by atoms with Crippen LogP contribution in [0, 0.1) is 0 Å². The van der Waals surface area contributed by atoms with E-state index in [1.165, 1.54) is 0 Å². The quantitative estimate of drug-likeness (QED) is 0.388. The van der Waals surface area contributed by atoms with Gasteiger partial charge in [0.05, 0.1) is 0 Å². The van der Waals surface area contributed by atoms with E-state index in [2.05, 4.69) is 0 Å². The molecule has 4 N–H and O–H groups in total. The summed E-state index contributed by atoms with van der Waals surface area (Å²) < 4.78 is 5.24. The molecule has 0 aliphatic heterocycles. The summed E-state index contributed by atoms with van der Waals surface area (Å²) in [5.74, 6) is -0.0906. The van der Waals surface area contributed by atoms with Gasteiger partial charge in [-0.1, -0.05) is 30.3 Å². The van der Waals surface area contributed by atoms with Gasteiger partial charge >= 0.3 is 5.97 Å². The maximum Gasteiger partial charge on any atom is 0.339 e.